The van der Waals surface area contributed by atoms with Gasteiger partial charge < -0.3 is 29.5 Å². The van der Waals surface area contributed by atoms with Gasteiger partial charge in [0.15, 0.2) is 0 Å². The summed E-state index contributed by atoms with van der Waals surface area (Å²) in [6, 6.07) is 12.2. The van der Waals surface area contributed by atoms with E-state index in [1.54, 1.807) is 16.9 Å². The number of benzene rings is 2. The first-order valence-corrected chi connectivity index (χ1v) is 19.1. The molecule has 0 spiro atoms. The molecule has 1 aromatic heterocycles. The number of methoxy groups -OCH3 is 1. The minimum absolute atomic E-state index is 0.218. The normalized spacial score (nSPS) is 18.7. The molecular formula is C40H53N9O5. The van der Waals surface area contributed by atoms with Gasteiger partial charge in [0.1, 0.15) is 11.4 Å². The Morgan fingerprint density at radius 1 is 0.926 bits per heavy atom. The summed E-state index contributed by atoms with van der Waals surface area (Å²) in [6.07, 6.45) is 4.80. The van der Waals surface area contributed by atoms with Gasteiger partial charge in [0.2, 0.25) is 11.9 Å². The predicted octanol–water partition coefficient (Wildman–Crippen LogP) is 5.32. The van der Waals surface area contributed by atoms with E-state index in [-0.39, 0.29) is 18.0 Å². The second kappa shape index (κ2) is 15.7. The van der Waals surface area contributed by atoms with E-state index in [1.165, 1.54) is 5.69 Å². The molecule has 4 amide bonds. The van der Waals surface area contributed by atoms with Crippen molar-refractivity contribution < 1.29 is 23.9 Å². The summed E-state index contributed by atoms with van der Waals surface area (Å²) >= 11 is 0. The third kappa shape index (κ3) is 8.64. The molecule has 2 aromatic carbocycles. The second-order valence-corrected chi connectivity index (χ2v) is 15.8. The number of amides is 4. The molecule has 0 unspecified atom stereocenters. The molecule has 54 heavy (non-hydrogen) atoms. The number of carbonyl (C=O) groups excluding carboxylic acids is 3. The highest BCUT2D eigenvalue weighted by molar-refractivity contribution is 6.06. The fourth-order valence-electron chi connectivity index (χ4n) is 7.81. The Morgan fingerprint density at radius 3 is 2.35 bits per heavy atom. The van der Waals surface area contributed by atoms with Crippen LogP contribution in [0.2, 0.25) is 0 Å². The van der Waals surface area contributed by atoms with Gasteiger partial charge in [-0.05, 0) is 94.3 Å². The van der Waals surface area contributed by atoms with Crippen LogP contribution >= 0.6 is 0 Å². The van der Waals surface area contributed by atoms with E-state index in [1.807, 2.05) is 46.0 Å². The molecule has 0 aliphatic carbocycles. The zero-order valence-corrected chi connectivity index (χ0v) is 32.2. The monoisotopic (exact) mass is 739 g/mol. The largest absolute Gasteiger partial charge is 0.494 e. The molecule has 3 fully saturated rings. The number of hydrogen-bond donors (Lipinski definition) is 2. The van der Waals surface area contributed by atoms with Crippen LogP contribution < -0.4 is 30.1 Å². The molecule has 3 saturated heterocycles. The molecule has 0 atom stereocenters. The van der Waals surface area contributed by atoms with Crippen LogP contribution in [0.15, 0.2) is 42.6 Å². The van der Waals surface area contributed by atoms with Gasteiger partial charge in [0.05, 0.1) is 25.0 Å². The van der Waals surface area contributed by atoms with E-state index in [9.17, 15) is 14.4 Å². The van der Waals surface area contributed by atoms with Crippen LogP contribution in [0.3, 0.4) is 0 Å². The SMILES string of the molecule is COc1cc(N2CCC(CN3CCN(c4ccc(N5CCC(=O)NC5=O)c(C)c4)CC3)CC2)ccc1Nc1ncc2c(n1)CN(C(=O)OC(C)(C)C)CC2. The highest BCUT2D eigenvalue weighted by Crippen LogP contribution is 2.34. The maximum atomic E-state index is 12.7. The first-order valence-electron chi connectivity index (χ1n) is 19.1. The van der Waals surface area contributed by atoms with Gasteiger partial charge in [0.25, 0.3) is 0 Å². The molecule has 5 heterocycles. The van der Waals surface area contributed by atoms with Crippen molar-refractivity contribution in [2.45, 2.75) is 65.5 Å². The summed E-state index contributed by atoms with van der Waals surface area (Å²) in [6.45, 7) is 16.1. The van der Waals surface area contributed by atoms with Gasteiger partial charge >= 0.3 is 12.1 Å². The van der Waals surface area contributed by atoms with Crippen LogP contribution in [-0.2, 0) is 22.5 Å². The van der Waals surface area contributed by atoms with Gasteiger partial charge in [-0.1, -0.05) is 0 Å². The average molecular weight is 740 g/mol. The van der Waals surface area contributed by atoms with Crippen LogP contribution in [-0.4, -0.2) is 109 Å². The zero-order chi connectivity index (χ0) is 38.0. The lowest BCUT2D eigenvalue weighted by molar-refractivity contribution is -0.120. The van der Waals surface area contributed by atoms with Crippen molar-refractivity contribution in [2.75, 3.05) is 86.0 Å². The summed E-state index contributed by atoms with van der Waals surface area (Å²) in [4.78, 5) is 56.8. The number of piperidine rings is 1. The van der Waals surface area contributed by atoms with Crippen LogP contribution in [0.1, 0.15) is 56.9 Å². The smallest absolute Gasteiger partial charge is 0.410 e. The van der Waals surface area contributed by atoms with E-state index in [0.29, 0.717) is 44.3 Å². The molecule has 4 aliphatic heterocycles. The Kier molecular flexibility index (Phi) is 10.8. The lowest BCUT2D eigenvalue weighted by Gasteiger charge is -2.40. The van der Waals surface area contributed by atoms with Gasteiger partial charge in [-0.25, -0.2) is 19.6 Å². The van der Waals surface area contributed by atoms with Crippen molar-refractivity contribution >= 4 is 46.7 Å². The average Bonchev–Trinajstić information content (AvgIpc) is 3.15. The molecule has 0 bridgehead atoms. The van der Waals surface area contributed by atoms with Crippen LogP contribution in [0.25, 0.3) is 0 Å². The number of anilines is 5. The van der Waals surface area contributed by atoms with Crippen molar-refractivity contribution in [1.82, 2.24) is 25.1 Å². The maximum Gasteiger partial charge on any atom is 0.410 e. The van der Waals surface area contributed by atoms with Gasteiger partial charge in [-0.2, -0.15) is 0 Å². The van der Waals surface area contributed by atoms with Gasteiger partial charge in [0, 0.05) is 94.6 Å². The third-order valence-corrected chi connectivity index (χ3v) is 10.8. The number of rotatable bonds is 8. The van der Waals surface area contributed by atoms with E-state index >= 15 is 0 Å². The Bertz CT molecular complexity index is 1860. The Balaban J connectivity index is 0.884. The maximum absolute atomic E-state index is 12.7. The number of urea groups is 1. The topological polar surface area (TPSA) is 136 Å². The fourth-order valence-corrected chi connectivity index (χ4v) is 7.81. The quantitative estimate of drug-likeness (QED) is 0.311. The first kappa shape index (κ1) is 37.2. The number of ether oxygens (including phenoxy) is 2. The Labute approximate surface area is 317 Å². The Hall–Kier alpha value is -5.11. The number of fused-ring (bicyclic) bond motifs is 1. The van der Waals surface area contributed by atoms with E-state index in [0.717, 1.165) is 98.3 Å². The summed E-state index contributed by atoms with van der Waals surface area (Å²) in [5, 5.41) is 5.76. The summed E-state index contributed by atoms with van der Waals surface area (Å²) in [5.41, 5.74) is 6.30. The minimum Gasteiger partial charge on any atom is -0.494 e. The van der Waals surface area contributed by atoms with Gasteiger partial charge in [-0.15, -0.1) is 0 Å². The lowest BCUT2D eigenvalue weighted by Crippen LogP contribution is -2.50. The van der Waals surface area contributed by atoms with Crippen molar-refractivity contribution in [3.8, 4) is 5.75 Å². The number of imide groups is 1. The number of aromatic nitrogens is 2. The third-order valence-electron chi connectivity index (χ3n) is 10.8. The van der Waals surface area contributed by atoms with Crippen LogP contribution in [0.5, 0.6) is 5.75 Å². The number of carbonyl (C=O) groups is 3. The second-order valence-electron chi connectivity index (χ2n) is 15.8. The standard InChI is InChI=1S/C40H53N9O5/c1-27-22-30(7-9-34(27)49-17-13-36(50)44-38(49)51)47-20-18-45(19-21-47)25-28-10-14-46(15-11-28)31-6-8-32(35(23-31)53-5)42-37-41-24-29-12-16-48(26-33(29)43-37)39(52)54-40(2,3)4/h6-9,22-24,28H,10-21,25-26H2,1-5H3,(H,41,42,43)(H,44,50,51). The molecule has 4 aliphatic rings. The van der Waals surface area contributed by atoms with E-state index in [2.05, 4.69) is 54.6 Å². The molecule has 2 N–H and O–H groups in total. The summed E-state index contributed by atoms with van der Waals surface area (Å²) in [5.74, 6) is 1.63. The fraction of sp³-hybridized carbons (Fsp3) is 0.525. The molecular weight excluding hydrogens is 686 g/mol. The first-order chi connectivity index (χ1) is 25.9. The van der Waals surface area contributed by atoms with Crippen molar-refractivity contribution in [2.24, 2.45) is 5.92 Å². The molecule has 0 radical (unpaired) electrons. The van der Waals surface area contributed by atoms with Crippen molar-refractivity contribution in [3.63, 3.8) is 0 Å². The highest BCUT2D eigenvalue weighted by Gasteiger charge is 2.29. The van der Waals surface area contributed by atoms with Crippen molar-refractivity contribution in [3.05, 3.63) is 59.4 Å². The number of hydrogen-bond acceptors (Lipinski definition) is 11. The number of nitrogens with zero attached hydrogens (tertiary/aromatic N) is 7. The Morgan fingerprint density at radius 2 is 1.65 bits per heavy atom. The van der Waals surface area contributed by atoms with Crippen molar-refractivity contribution in [1.29, 1.82) is 0 Å². The van der Waals surface area contributed by atoms with E-state index in [4.69, 9.17) is 14.5 Å². The molecule has 14 nitrogen and oxygen atoms in total. The number of piperazine rings is 1. The molecule has 3 aromatic rings. The molecule has 14 heteroatoms. The van der Waals surface area contributed by atoms with Crippen LogP contribution in [0, 0.1) is 12.8 Å². The molecule has 0 saturated carbocycles. The summed E-state index contributed by atoms with van der Waals surface area (Å²) < 4.78 is 11.4. The number of nitrogens with one attached hydrogen (secondary N) is 2. The predicted molar refractivity (Wildman–Crippen MR) is 209 cm³/mol. The highest BCUT2D eigenvalue weighted by atomic mass is 16.6. The minimum atomic E-state index is -0.551. The zero-order valence-electron chi connectivity index (χ0n) is 32.2. The molecule has 288 valence electrons. The van der Waals surface area contributed by atoms with Gasteiger partial charge in [-0.3, -0.25) is 19.9 Å². The van der Waals surface area contributed by atoms with Crippen LogP contribution in [0.4, 0.5) is 38.3 Å². The summed E-state index contributed by atoms with van der Waals surface area (Å²) in [7, 11) is 1.68. The number of aryl methyl sites for hydroxylation is 1. The lowest BCUT2D eigenvalue weighted by atomic mass is 9.95. The molecule has 7 rings (SSSR count). The van der Waals surface area contributed by atoms with E-state index < -0.39 is 5.60 Å².